The molecule has 1 aromatic carbocycles. The second kappa shape index (κ2) is 6.59. The molecule has 2 aliphatic heterocycles. The summed E-state index contributed by atoms with van der Waals surface area (Å²) >= 11 is 14.7. The van der Waals surface area contributed by atoms with Gasteiger partial charge in [0, 0.05) is 37.8 Å². The molecule has 1 atom stereocenters. The van der Waals surface area contributed by atoms with Crippen LogP contribution in [0.4, 0.5) is 4.79 Å². The summed E-state index contributed by atoms with van der Waals surface area (Å²) in [5.74, 6) is 0.703. The van der Waals surface area contributed by atoms with Gasteiger partial charge in [0.2, 0.25) is 0 Å². The number of piperazine rings is 1. The normalized spacial score (nSPS) is 22.1. The number of amides is 1. The number of carboxylic acid groups (broad SMARTS) is 1. The Morgan fingerprint density at radius 3 is 2.91 bits per heavy atom. The van der Waals surface area contributed by atoms with E-state index in [4.69, 9.17) is 33.0 Å². The van der Waals surface area contributed by atoms with Crippen LogP contribution in [0.15, 0.2) is 6.07 Å². The van der Waals surface area contributed by atoms with Crippen molar-refractivity contribution in [2.24, 2.45) is 0 Å². The van der Waals surface area contributed by atoms with E-state index < -0.39 is 6.09 Å². The van der Waals surface area contributed by atoms with E-state index >= 15 is 0 Å². The fourth-order valence-electron chi connectivity index (χ4n) is 2.97. The molecule has 2 aliphatic rings. The molecule has 1 aromatic rings. The van der Waals surface area contributed by atoms with Gasteiger partial charge in [-0.2, -0.15) is 0 Å². The Balaban J connectivity index is 1.88. The first-order valence-electron chi connectivity index (χ1n) is 6.98. The van der Waals surface area contributed by atoms with Crippen molar-refractivity contribution in [1.82, 2.24) is 9.80 Å². The van der Waals surface area contributed by atoms with Gasteiger partial charge in [0.15, 0.2) is 0 Å². The summed E-state index contributed by atoms with van der Waals surface area (Å²) < 4.78 is 6.65. The Morgan fingerprint density at radius 2 is 2.18 bits per heavy atom. The quantitative estimate of drug-likeness (QED) is 0.479. The highest BCUT2D eigenvalue weighted by atomic mass is 127. The van der Waals surface area contributed by atoms with Gasteiger partial charge in [-0.1, -0.05) is 23.2 Å². The minimum Gasteiger partial charge on any atom is -0.492 e. The molecule has 0 saturated carbocycles. The van der Waals surface area contributed by atoms with Crippen molar-refractivity contribution in [1.29, 1.82) is 0 Å². The summed E-state index contributed by atoms with van der Waals surface area (Å²) in [6.07, 6.45) is -0.0812. The van der Waals surface area contributed by atoms with E-state index in [9.17, 15) is 4.79 Å². The van der Waals surface area contributed by atoms with Crippen LogP contribution < -0.4 is 4.74 Å². The molecule has 1 saturated heterocycles. The van der Waals surface area contributed by atoms with Crippen LogP contribution in [0, 0.1) is 3.57 Å². The van der Waals surface area contributed by atoms with Crippen LogP contribution in [0.2, 0.25) is 10.0 Å². The highest BCUT2D eigenvalue weighted by molar-refractivity contribution is 14.1. The van der Waals surface area contributed by atoms with E-state index in [1.54, 1.807) is 0 Å². The van der Waals surface area contributed by atoms with Crippen molar-refractivity contribution in [3.05, 3.63) is 25.2 Å². The molecule has 5 nitrogen and oxygen atoms in total. The molecular formula is C14H15Cl2IN2O3. The zero-order valence-corrected chi connectivity index (χ0v) is 15.4. The first-order chi connectivity index (χ1) is 10.5. The molecule has 0 unspecified atom stereocenters. The number of hydrogen-bond donors (Lipinski definition) is 1. The van der Waals surface area contributed by atoms with Crippen LogP contribution >= 0.6 is 45.8 Å². The number of carbonyl (C=O) groups is 1. The van der Waals surface area contributed by atoms with Gasteiger partial charge in [0.05, 0.1) is 20.2 Å². The van der Waals surface area contributed by atoms with E-state index in [0.717, 1.165) is 15.6 Å². The predicted molar refractivity (Wildman–Crippen MR) is 93.1 cm³/mol. The molecule has 1 amide bonds. The van der Waals surface area contributed by atoms with Gasteiger partial charge >= 0.3 is 6.09 Å². The van der Waals surface area contributed by atoms with Gasteiger partial charge in [-0.3, -0.25) is 4.90 Å². The molecule has 22 heavy (non-hydrogen) atoms. The maximum atomic E-state index is 11.1. The van der Waals surface area contributed by atoms with Crippen LogP contribution in [0.1, 0.15) is 12.0 Å². The highest BCUT2D eigenvalue weighted by Crippen LogP contribution is 2.39. The summed E-state index contributed by atoms with van der Waals surface area (Å²) in [4.78, 5) is 14.9. The van der Waals surface area contributed by atoms with Crippen molar-refractivity contribution < 1.29 is 14.6 Å². The van der Waals surface area contributed by atoms with Gasteiger partial charge in [-0.25, -0.2) is 4.79 Å². The highest BCUT2D eigenvalue weighted by Gasteiger charge is 2.32. The first-order valence-corrected chi connectivity index (χ1v) is 8.82. The SMILES string of the molecule is O=C(O)N1CCN2Cc3cc(Cl)c(I)c(Cl)c3OCC[C@H]2C1. The molecule has 0 spiro atoms. The summed E-state index contributed by atoms with van der Waals surface area (Å²) in [6, 6.07) is 2.06. The number of fused-ring (bicyclic) bond motifs is 2. The number of ether oxygens (including phenoxy) is 1. The topological polar surface area (TPSA) is 53.0 Å². The van der Waals surface area contributed by atoms with Crippen molar-refractivity contribution in [3.8, 4) is 5.75 Å². The molecule has 2 heterocycles. The van der Waals surface area contributed by atoms with Crippen molar-refractivity contribution in [3.63, 3.8) is 0 Å². The van der Waals surface area contributed by atoms with Crippen LogP contribution in [-0.2, 0) is 6.54 Å². The zero-order valence-electron chi connectivity index (χ0n) is 11.7. The molecule has 1 N–H and O–H groups in total. The van der Waals surface area contributed by atoms with Gasteiger partial charge in [0.25, 0.3) is 0 Å². The second-order valence-electron chi connectivity index (χ2n) is 5.46. The first kappa shape index (κ1) is 16.4. The molecule has 3 rings (SSSR count). The molecular weight excluding hydrogens is 442 g/mol. The Labute approximate surface area is 152 Å². The third-order valence-corrected chi connectivity index (χ3v) is 6.56. The summed E-state index contributed by atoms with van der Waals surface area (Å²) in [5, 5.41) is 10.3. The minimum atomic E-state index is -0.858. The lowest BCUT2D eigenvalue weighted by Gasteiger charge is -2.41. The molecule has 0 bridgehead atoms. The van der Waals surface area contributed by atoms with Crippen molar-refractivity contribution in [2.45, 2.75) is 19.0 Å². The largest absolute Gasteiger partial charge is 0.492 e. The Bertz CT molecular complexity index is 614. The average Bonchev–Trinajstić information content (AvgIpc) is 2.46. The maximum Gasteiger partial charge on any atom is 0.407 e. The summed E-state index contributed by atoms with van der Waals surface area (Å²) in [7, 11) is 0. The Hall–Kier alpha value is -0.440. The molecule has 120 valence electrons. The predicted octanol–water partition coefficient (Wildman–Crippen LogP) is 3.54. The fraction of sp³-hybridized carbons (Fsp3) is 0.500. The maximum absolute atomic E-state index is 11.1. The lowest BCUT2D eigenvalue weighted by atomic mass is 10.1. The van der Waals surface area contributed by atoms with Gasteiger partial charge in [0.1, 0.15) is 5.75 Å². The second-order valence-corrected chi connectivity index (χ2v) is 7.33. The van der Waals surface area contributed by atoms with Gasteiger partial charge < -0.3 is 14.7 Å². The number of rotatable bonds is 0. The summed E-state index contributed by atoms with van der Waals surface area (Å²) in [5.41, 5.74) is 0.962. The minimum absolute atomic E-state index is 0.162. The molecule has 0 radical (unpaired) electrons. The molecule has 1 fully saturated rings. The average molecular weight is 457 g/mol. The lowest BCUT2D eigenvalue weighted by Crippen LogP contribution is -2.54. The number of halogens is 3. The van der Waals surface area contributed by atoms with E-state index in [1.807, 2.05) is 6.07 Å². The van der Waals surface area contributed by atoms with E-state index in [0.29, 0.717) is 48.6 Å². The van der Waals surface area contributed by atoms with Crippen molar-refractivity contribution in [2.75, 3.05) is 26.2 Å². The Kier molecular flexibility index (Phi) is 4.92. The van der Waals surface area contributed by atoms with Gasteiger partial charge in [-0.15, -0.1) is 0 Å². The number of hydrogen-bond acceptors (Lipinski definition) is 3. The van der Waals surface area contributed by atoms with Gasteiger partial charge in [-0.05, 0) is 35.1 Å². The van der Waals surface area contributed by atoms with E-state index in [1.165, 1.54) is 4.90 Å². The molecule has 8 heteroatoms. The Morgan fingerprint density at radius 1 is 1.41 bits per heavy atom. The fourth-order valence-corrected chi connectivity index (χ4v) is 3.92. The smallest absolute Gasteiger partial charge is 0.407 e. The number of nitrogens with zero attached hydrogens (tertiary/aromatic N) is 2. The van der Waals surface area contributed by atoms with Crippen LogP contribution in [0.3, 0.4) is 0 Å². The monoisotopic (exact) mass is 456 g/mol. The third kappa shape index (κ3) is 3.11. The van der Waals surface area contributed by atoms with E-state index in [2.05, 4.69) is 27.5 Å². The van der Waals surface area contributed by atoms with Crippen LogP contribution in [0.5, 0.6) is 5.75 Å². The van der Waals surface area contributed by atoms with Crippen LogP contribution in [0.25, 0.3) is 0 Å². The third-order valence-electron chi connectivity index (χ3n) is 4.14. The lowest BCUT2D eigenvalue weighted by molar-refractivity contribution is 0.0489. The standard InChI is InChI=1S/C14H15Cl2IN2O3/c15-10-5-8-6-18-2-3-19(14(20)21)7-9(18)1-4-22-13(8)11(16)12(10)17/h5,9H,1-4,6-7H2,(H,20,21)/t9-/m0/s1. The zero-order chi connectivity index (χ0) is 15.9. The summed E-state index contributed by atoms with van der Waals surface area (Å²) in [6.45, 7) is 2.92. The van der Waals surface area contributed by atoms with Crippen LogP contribution in [-0.4, -0.2) is 53.3 Å². The van der Waals surface area contributed by atoms with E-state index in [-0.39, 0.29) is 6.04 Å². The molecule has 0 aromatic heterocycles. The number of benzene rings is 1. The molecule has 0 aliphatic carbocycles. The van der Waals surface area contributed by atoms with Crippen molar-refractivity contribution >= 4 is 51.9 Å².